The van der Waals surface area contributed by atoms with Crippen molar-refractivity contribution >= 4 is 0 Å². The number of hydrogen-bond donors (Lipinski definition) is 2. The van der Waals surface area contributed by atoms with Crippen LogP contribution in [0, 0.1) is 0 Å². The van der Waals surface area contributed by atoms with E-state index in [9.17, 15) is 0 Å². The third kappa shape index (κ3) is 4.60. The first kappa shape index (κ1) is 11.0. The molecule has 0 unspecified atom stereocenters. The minimum Gasteiger partial charge on any atom is -0.396 e. The highest BCUT2D eigenvalue weighted by atomic mass is 16.3. The highest BCUT2D eigenvalue weighted by Gasteiger charge is 2.26. The van der Waals surface area contributed by atoms with Crippen molar-refractivity contribution in [3.8, 4) is 0 Å². The zero-order valence-corrected chi connectivity index (χ0v) is 8.63. The molecule has 0 aromatic rings. The van der Waals surface area contributed by atoms with Gasteiger partial charge in [-0.2, -0.15) is 0 Å². The molecule has 3 heteroatoms. The molecule has 1 aliphatic rings. The molecule has 0 aromatic heterocycles. The van der Waals surface area contributed by atoms with Gasteiger partial charge < -0.3 is 10.4 Å². The van der Waals surface area contributed by atoms with E-state index in [1.54, 1.807) is 0 Å². The molecular weight excluding hydrogens is 164 g/mol. The Labute approximate surface area is 81.1 Å². The van der Waals surface area contributed by atoms with Crippen LogP contribution in [0.5, 0.6) is 0 Å². The molecule has 0 amide bonds. The molecule has 1 aliphatic carbocycles. The molecule has 1 rings (SSSR count). The van der Waals surface area contributed by atoms with Crippen molar-refractivity contribution in [1.82, 2.24) is 10.2 Å². The van der Waals surface area contributed by atoms with E-state index in [0.29, 0.717) is 6.61 Å². The van der Waals surface area contributed by atoms with Gasteiger partial charge in [0.1, 0.15) is 0 Å². The van der Waals surface area contributed by atoms with E-state index in [-0.39, 0.29) is 0 Å². The van der Waals surface area contributed by atoms with Crippen LogP contribution in [-0.4, -0.2) is 48.8 Å². The lowest BCUT2D eigenvalue weighted by molar-refractivity contribution is 0.267. The van der Waals surface area contributed by atoms with Gasteiger partial charge in [-0.1, -0.05) is 6.92 Å². The Morgan fingerprint density at radius 3 is 2.69 bits per heavy atom. The summed E-state index contributed by atoms with van der Waals surface area (Å²) in [6, 6.07) is 0.879. The smallest absolute Gasteiger partial charge is 0.0443 e. The third-order valence-corrected chi connectivity index (χ3v) is 2.56. The van der Waals surface area contributed by atoms with Gasteiger partial charge in [-0.25, -0.2) is 0 Å². The van der Waals surface area contributed by atoms with Gasteiger partial charge in [-0.05, 0) is 32.4 Å². The lowest BCUT2D eigenvalue weighted by Gasteiger charge is -2.19. The number of aliphatic hydroxyl groups is 1. The number of aliphatic hydroxyl groups excluding tert-OH is 1. The number of likely N-dealkylation sites (N-methyl/N-ethyl adjacent to an activating group) is 1. The summed E-state index contributed by atoms with van der Waals surface area (Å²) < 4.78 is 0. The minimum atomic E-state index is 0.299. The molecule has 0 radical (unpaired) electrons. The van der Waals surface area contributed by atoms with E-state index < -0.39 is 0 Å². The van der Waals surface area contributed by atoms with Gasteiger partial charge in [0, 0.05) is 25.7 Å². The monoisotopic (exact) mass is 186 g/mol. The molecule has 0 saturated heterocycles. The van der Waals surface area contributed by atoms with E-state index in [0.717, 1.165) is 32.1 Å². The van der Waals surface area contributed by atoms with E-state index in [2.05, 4.69) is 17.1 Å². The largest absolute Gasteiger partial charge is 0.396 e. The molecule has 3 nitrogen and oxygen atoms in total. The fourth-order valence-corrected chi connectivity index (χ4v) is 1.59. The normalized spacial score (nSPS) is 16.8. The molecule has 2 N–H and O–H groups in total. The Hall–Kier alpha value is -0.120. The van der Waals surface area contributed by atoms with E-state index in [1.165, 1.54) is 19.4 Å². The topological polar surface area (TPSA) is 35.5 Å². The molecule has 0 atom stereocenters. The van der Waals surface area contributed by atoms with Gasteiger partial charge in [-0.3, -0.25) is 4.90 Å². The van der Waals surface area contributed by atoms with Crippen LogP contribution in [0.2, 0.25) is 0 Å². The van der Waals surface area contributed by atoms with Gasteiger partial charge in [0.05, 0.1) is 0 Å². The fraction of sp³-hybridized carbons (Fsp3) is 1.00. The van der Waals surface area contributed by atoms with Gasteiger partial charge in [0.15, 0.2) is 0 Å². The maximum Gasteiger partial charge on any atom is 0.0443 e. The van der Waals surface area contributed by atoms with Crippen molar-refractivity contribution in [1.29, 1.82) is 0 Å². The van der Waals surface area contributed by atoms with E-state index in [1.807, 2.05) is 0 Å². The van der Waals surface area contributed by atoms with Crippen molar-refractivity contribution < 1.29 is 5.11 Å². The van der Waals surface area contributed by atoms with Crippen molar-refractivity contribution in [3.05, 3.63) is 0 Å². The Morgan fingerprint density at radius 1 is 1.38 bits per heavy atom. The fourth-order valence-electron chi connectivity index (χ4n) is 1.59. The average Bonchev–Trinajstić information content (AvgIpc) is 2.95. The van der Waals surface area contributed by atoms with Crippen LogP contribution < -0.4 is 5.32 Å². The molecule has 0 spiro atoms. The Morgan fingerprint density at radius 2 is 2.15 bits per heavy atom. The minimum absolute atomic E-state index is 0.299. The second-order valence-corrected chi connectivity index (χ2v) is 3.69. The van der Waals surface area contributed by atoms with E-state index >= 15 is 0 Å². The highest BCUT2D eigenvalue weighted by molar-refractivity contribution is 4.83. The summed E-state index contributed by atoms with van der Waals surface area (Å²) in [5.41, 5.74) is 0. The summed E-state index contributed by atoms with van der Waals surface area (Å²) >= 11 is 0. The quantitative estimate of drug-likeness (QED) is 0.540. The summed E-state index contributed by atoms with van der Waals surface area (Å²) in [6.07, 6.45) is 3.66. The zero-order valence-electron chi connectivity index (χ0n) is 8.63. The Kier molecular flexibility index (Phi) is 5.35. The first-order chi connectivity index (χ1) is 6.38. The summed E-state index contributed by atoms with van der Waals surface area (Å²) in [5, 5.41) is 11.9. The lowest BCUT2D eigenvalue weighted by atomic mass is 10.4. The summed E-state index contributed by atoms with van der Waals surface area (Å²) in [5.74, 6) is 0. The van der Waals surface area contributed by atoms with Gasteiger partial charge in [0.2, 0.25) is 0 Å². The first-order valence-electron chi connectivity index (χ1n) is 5.44. The molecule has 0 aliphatic heterocycles. The molecule has 1 fully saturated rings. The Bertz CT molecular complexity index is 126. The average molecular weight is 186 g/mol. The molecule has 13 heavy (non-hydrogen) atoms. The molecule has 78 valence electrons. The van der Waals surface area contributed by atoms with E-state index in [4.69, 9.17) is 5.11 Å². The van der Waals surface area contributed by atoms with Crippen LogP contribution >= 0.6 is 0 Å². The predicted octanol–water partition coefficient (Wildman–Crippen LogP) is 0.443. The summed E-state index contributed by atoms with van der Waals surface area (Å²) in [4.78, 5) is 2.53. The van der Waals surface area contributed by atoms with Crippen LogP contribution in [0.15, 0.2) is 0 Å². The van der Waals surface area contributed by atoms with Gasteiger partial charge in [-0.15, -0.1) is 0 Å². The van der Waals surface area contributed by atoms with Crippen LogP contribution in [0.25, 0.3) is 0 Å². The van der Waals surface area contributed by atoms with Gasteiger partial charge >= 0.3 is 0 Å². The number of nitrogens with zero attached hydrogens (tertiary/aromatic N) is 1. The lowest BCUT2D eigenvalue weighted by Crippen LogP contribution is -2.34. The van der Waals surface area contributed by atoms with Gasteiger partial charge in [0.25, 0.3) is 0 Å². The number of rotatable bonds is 8. The van der Waals surface area contributed by atoms with Crippen LogP contribution in [0.3, 0.4) is 0 Å². The molecule has 0 bridgehead atoms. The maximum absolute atomic E-state index is 8.57. The SMILES string of the molecule is CCN(CCNCCCO)C1CC1. The van der Waals surface area contributed by atoms with Crippen LogP contribution in [-0.2, 0) is 0 Å². The second kappa shape index (κ2) is 6.35. The number of hydrogen-bond acceptors (Lipinski definition) is 3. The van der Waals surface area contributed by atoms with Crippen molar-refractivity contribution in [2.24, 2.45) is 0 Å². The third-order valence-electron chi connectivity index (χ3n) is 2.56. The molecular formula is C10H22N2O. The van der Waals surface area contributed by atoms with Crippen LogP contribution in [0.1, 0.15) is 26.2 Å². The summed E-state index contributed by atoms with van der Waals surface area (Å²) in [6.45, 7) is 6.86. The van der Waals surface area contributed by atoms with Crippen molar-refractivity contribution in [2.75, 3.05) is 32.8 Å². The zero-order chi connectivity index (χ0) is 9.52. The molecule has 0 heterocycles. The van der Waals surface area contributed by atoms with Crippen molar-refractivity contribution in [2.45, 2.75) is 32.2 Å². The highest BCUT2D eigenvalue weighted by Crippen LogP contribution is 2.25. The maximum atomic E-state index is 8.57. The van der Waals surface area contributed by atoms with Crippen LogP contribution in [0.4, 0.5) is 0 Å². The first-order valence-corrected chi connectivity index (χ1v) is 5.44. The predicted molar refractivity (Wildman–Crippen MR) is 54.8 cm³/mol. The molecule has 1 saturated carbocycles. The van der Waals surface area contributed by atoms with Crippen molar-refractivity contribution in [3.63, 3.8) is 0 Å². The summed E-state index contributed by atoms with van der Waals surface area (Å²) in [7, 11) is 0. The standard InChI is InChI=1S/C10H22N2O/c1-2-12(10-4-5-10)8-7-11-6-3-9-13/h10-11,13H,2-9H2,1H3. The molecule has 0 aromatic carbocycles. The second-order valence-electron chi connectivity index (χ2n) is 3.69. The Balaban J connectivity index is 1.90. The number of nitrogens with one attached hydrogen (secondary N) is 1.